The second-order valence-electron chi connectivity index (χ2n) is 2.49. The lowest BCUT2D eigenvalue weighted by atomic mass is 10.4. The Morgan fingerprint density at radius 1 is 1.75 bits per heavy atom. The number of nitrogens with zero attached hydrogens (tertiary/aromatic N) is 1. The number of rotatable bonds is 3. The van der Waals surface area contributed by atoms with Gasteiger partial charge in [-0.15, -0.1) is 0 Å². The average molecular weight is 168 g/mol. The zero-order valence-electron chi connectivity index (χ0n) is 7.26. The zero-order chi connectivity index (χ0) is 8.97. The molecule has 0 bridgehead atoms. The summed E-state index contributed by atoms with van der Waals surface area (Å²) in [6, 6.07) is 0. The summed E-state index contributed by atoms with van der Waals surface area (Å²) in [5, 5.41) is 2.70. The fraction of sp³-hybridized carbons (Fsp3) is 0.500. The van der Waals surface area contributed by atoms with E-state index in [9.17, 15) is 4.79 Å². The van der Waals surface area contributed by atoms with E-state index in [0.29, 0.717) is 18.9 Å². The molecule has 0 aliphatic rings. The quantitative estimate of drug-likeness (QED) is 0.732. The molecule has 1 aromatic heterocycles. The summed E-state index contributed by atoms with van der Waals surface area (Å²) in [6.07, 6.45) is 2.04. The van der Waals surface area contributed by atoms with Gasteiger partial charge in [0.05, 0.1) is 12.2 Å². The van der Waals surface area contributed by atoms with Crippen LogP contribution in [0.1, 0.15) is 24.9 Å². The Labute approximate surface area is 71.0 Å². The molecule has 12 heavy (non-hydrogen) atoms. The number of hydrogen-bond donors (Lipinski definition) is 1. The summed E-state index contributed by atoms with van der Waals surface area (Å²) in [7, 11) is 0. The fourth-order valence-electron chi connectivity index (χ4n) is 0.804. The third kappa shape index (κ3) is 2.38. The average Bonchev–Trinajstić information content (AvgIpc) is 2.47. The van der Waals surface area contributed by atoms with E-state index in [1.54, 1.807) is 13.2 Å². The molecule has 0 aliphatic carbocycles. The Hall–Kier alpha value is -1.32. The van der Waals surface area contributed by atoms with Crippen LogP contribution in [0.4, 0.5) is 0 Å². The van der Waals surface area contributed by atoms with E-state index in [0.717, 1.165) is 5.69 Å². The van der Waals surface area contributed by atoms with Crippen LogP contribution in [0.15, 0.2) is 10.7 Å². The van der Waals surface area contributed by atoms with Gasteiger partial charge in [0.2, 0.25) is 5.91 Å². The number of aromatic nitrogens is 1. The predicted octanol–water partition coefficient (Wildman–Crippen LogP) is 1.01. The van der Waals surface area contributed by atoms with Crippen molar-refractivity contribution in [1.29, 1.82) is 0 Å². The molecule has 0 saturated heterocycles. The number of nitrogens with one attached hydrogen (secondary N) is 1. The number of oxazole rings is 1. The minimum Gasteiger partial charge on any atom is -0.449 e. The fourth-order valence-corrected chi connectivity index (χ4v) is 0.804. The van der Waals surface area contributed by atoms with E-state index in [-0.39, 0.29) is 5.91 Å². The maximum absolute atomic E-state index is 10.8. The van der Waals surface area contributed by atoms with E-state index in [2.05, 4.69) is 10.3 Å². The third-order valence-corrected chi connectivity index (χ3v) is 1.45. The lowest BCUT2D eigenvalue weighted by molar-refractivity contribution is -0.120. The van der Waals surface area contributed by atoms with Gasteiger partial charge in [0.15, 0.2) is 5.89 Å². The second-order valence-corrected chi connectivity index (χ2v) is 2.49. The van der Waals surface area contributed by atoms with Gasteiger partial charge in [-0.1, -0.05) is 6.92 Å². The monoisotopic (exact) mass is 168 g/mol. The van der Waals surface area contributed by atoms with Gasteiger partial charge in [-0.3, -0.25) is 4.79 Å². The van der Waals surface area contributed by atoms with E-state index < -0.39 is 0 Å². The number of hydrogen-bond acceptors (Lipinski definition) is 3. The number of carbonyl (C=O) groups excluding carboxylic acids is 1. The molecule has 0 atom stereocenters. The predicted molar refractivity (Wildman–Crippen MR) is 43.4 cm³/mol. The first kappa shape index (κ1) is 8.77. The Morgan fingerprint density at radius 2 is 2.50 bits per heavy atom. The van der Waals surface area contributed by atoms with Gasteiger partial charge in [0.25, 0.3) is 0 Å². The van der Waals surface area contributed by atoms with Crippen LogP contribution in [0, 0.1) is 6.92 Å². The molecule has 66 valence electrons. The number of aryl methyl sites for hydroxylation is 1. The van der Waals surface area contributed by atoms with Crippen LogP contribution in [0.5, 0.6) is 0 Å². The van der Waals surface area contributed by atoms with Crippen molar-refractivity contribution < 1.29 is 9.21 Å². The van der Waals surface area contributed by atoms with E-state index >= 15 is 0 Å². The molecule has 0 fully saturated rings. The lowest BCUT2D eigenvalue weighted by Crippen LogP contribution is -2.21. The SMILES string of the molecule is CCC(=O)NCc1coc(C)n1. The molecule has 0 spiro atoms. The van der Waals surface area contributed by atoms with Gasteiger partial charge in [-0.2, -0.15) is 0 Å². The van der Waals surface area contributed by atoms with E-state index in [1.165, 1.54) is 0 Å². The Bertz CT molecular complexity index is 268. The highest BCUT2D eigenvalue weighted by Crippen LogP contribution is 1.99. The summed E-state index contributed by atoms with van der Waals surface area (Å²) < 4.78 is 4.97. The van der Waals surface area contributed by atoms with Crippen molar-refractivity contribution in [3.05, 3.63) is 17.8 Å². The molecule has 1 aromatic rings. The van der Waals surface area contributed by atoms with Crippen LogP contribution in [-0.2, 0) is 11.3 Å². The Morgan fingerprint density at radius 3 is 3.00 bits per heavy atom. The molecule has 0 radical (unpaired) electrons. The topological polar surface area (TPSA) is 55.1 Å². The van der Waals surface area contributed by atoms with E-state index in [4.69, 9.17) is 4.42 Å². The molecular weight excluding hydrogens is 156 g/mol. The van der Waals surface area contributed by atoms with Gasteiger partial charge in [0, 0.05) is 13.3 Å². The zero-order valence-corrected chi connectivity index (χ0v) is 7.26. The Kier molecular flexibility index (Phi) is 2.85. The van der Waals surface area contributed by atoms with Gasteiger partial charge in [-0.25, -0.2) is 4.98 Å². The van der Waals surface area contributed by atoms with Crippen LogP contribution >= 0.6 is 0 Å². The molecular formula is C8H12N2O2. The van der Waals surface area contributed by atoms with Crippen molar-refractivity contribution in [2.24, 2.45) is 0 Å². The first-order chi connectivity index (χ1) is 5.72. The minimum atomic E-state index is 0.0238. The maximum Gasteiger partial charge on any atom is 0.220 e. The molecule has 1 heterocycles. The largest absolute Gasteiger partial charge is 0.449 e. The van der Waals surface area contributed by atoms with Crippen LogP contribution in [0.25, 0.3) is 0 Å². The number of amides is 1. The first-order valence-electron chi connectivity index (χ1n) is 3.90. The van der Waals surface area contributed by atoms with Gasteiger partial charge >= 0.3 is 0 Å². The normalized spacial score (nSPS) is 9.83. The van der Waals surface area contributed by atoms with E-state index in [1.807, 2.05) is 6.92 Å². The van der Waals surface area contributed by atoms with Crippen LogP contribution in [0.3, 0.4) is 0 Å². The standard InChI is InChI=1S/C8H12N2O2/c1-3-8(11)9-4-7-5-12-6(2)10-7/h5H,3-4H2,1-2H3,(H,9,11). The first-order valence-corrected chi connectivity index (χ1v) is 3.90. The highest BCUT2D eigenvalue weighted by Gasteiger charge is 2.00. The maximum atomic E-state index is 10.8. The number of carbonyl (C=O) groups is 1. The highest BCUT2D eigenvalue weighted by atomic mass is 16.3. The molecule has 4 nitrogen and oxygen atoms in total. The van der Waals surface area contributed by atoms with Gasteiger partial charge in [0.1, 0.15) is 6.26 Å². The van der Waals surface area contributed by atoms with Crippen LogP contribution in [0.2, 0.25) is 0 Å². The van der Waals surface area contributed by atoms with Gasteiger partial charge < -0.3 is 9.73 Å². The summed E-state index contributed by atoms with van der Waals surface area (Å²) in [4.78, 5) is 14.9. The van der Waals surface area contributed by atoms with Crippen molar-refractivity contribution in [2.75, 3.05) is 0 Å². The summed E-state index contributed by atoms with van der Waals surface area (Å²) >= 11 is 0. The van der Waals surface area contributed by atoms with Crippen molar-refractivity contribution >= 4 is 5.91 Å². The molecule has 4 heteroatoms. The highest BCUT2D eigenvalue weighted by molar-refractivity contribution is 5.75. The molecule has 0 saturated carbocycles. The molecule has 1 rings (SSSR count). The molecule has 1 N–H and O–H groups in total. The van der Waals surface area contributed by atoms with Crippen molar-refractivity contribution in [3.8, 4) is 0 Å². The minimum absolute atomic E-state index is 0.0238. The molecule has 1 amide bonds. The van der Waals surface area contributed by atoms with Crippen molar-refractivity contribution in [3.63, 3.8) is 0 Å². The van der Waals surface area contributed by atoms with Crippen LogP contribution < -0.4 is 5.32 Å². The van der Waals surface area contributed by atoms with Crippen molar-refractivity contribution in [2.45, 2.75) is 26.8 Å². The molecule has 0 unspecified atom stereocenters. The Balaban J connectivity index is 2.38. The molecule has 0 aromatic carbocycles. The molecule has 0 aliphatic heterocycles. The van der Waals surface area contributed by atoms with Gasteiger partial charge in [-0.05, 0) is 0 Å². The summed E-state index contributed by atoms with van der Waals surface area (Å²) in [6.45, 7) is 4.03. The third-order valence-electron chi connectivity index (χ3n) is 1.45. The lowest BCUT2D eigenvalue weighted by Gasteiger charge is -1.97. The van der Waals surface area contributed by atoms with Crippen LogP contribution in [-0.4, -0.2) is 10.9 Å². The second kappa shape index (κ2) is 3.90. The summed E-state index contributed by atoms with van der Waals surface area (Å²) in [5.41, 5.74) is 0.759. The smallest absolute Gasteiger partial charge is 0.220 e. The van der Waals surface area contributed by atoms with Crippen molar-refractivity contribution in [1.82, 2.24) is 10.3 Å². The summed E-state index contributed by atoms with van der Waals surface area (Å²) in [5.74, 6) is 0.645.